The molecule has 0 aliphatic heterocycles. The van der Waals surface area contributed by atoms with Crippen LogP contribution >= 0.6 is 27.5 Å². The van der Waals surface area contributed by atoms with Gasteiger partial charge in [-0.2, -0.15) is 0 Å². The third-order valence-electron chi connectivity index (χ3n) is 3.42. The number of hydrogen-bond acceptors (Lipinski definition) is 3. The lowest BCUT2D eigenvalue weighted by Crippen LogP contribution is -2.31. The fourth-order valence-corrected chi connectivity index (χ4v) is 2.84. The maximum absolute atomic E-state index is 12.1. The number of alkyl halides is 1. The Hall–Kier alpha value is -1.14. The van der Waals surface area contributed by atoms with Crippen LogP contribution in [-0.4, -0.2) is 38.4 Å². The molecule has 2 heterocycles. The summed E-state index contributed by atoms with van der Waals surface area (Å²) in [4.78, 5) is 22.8. The normalized spacial score (nSPS) is 11.0. The molecule has 0 atom stereocenters. The van der Waals surface area contributed by atoms with Crippen LogP contribution in [0.2, 0.25) is 0 Å². The molecule has 0 bridgehead atoms. The Morgan fingerprint density at radius 2 is 2.14 bits per heavy atom. The van der Waals surface area contributed by atoms with Gasteiger partial charge in [0.15, 0.2) is 5.65 Å². The van der Waals surface area contributed by atoms with Gasteiger partial charge in [-0.25, -0.2) is 9.97 Å². The number of amides is 1. The second-order valence-electron chi connectivity index (χ2n) is 4.63. The van der Waals surface area contributed by atoms with Crippen molar-refractivity contribution < 1.29 is 4.79 Å². The number of pyridine rings is 1. The minimum absolute atomic E-state index is 0.138. The van der Waals surface area contributed by atoms with Crippen LogP contribution in [0.5, 0.6) is 0 Å². The third-order valence-corrected chi connectivity index (χ3v) is 4.09. The molecule has 0 aromatic carbocycles. The number of aryl methyl sites for hydroxylation is 1. The first-order chi connectivity index (χ1) is 10.1. The van der Waals surface area contributed by atoms with Crippen LogP contribution in [0.1, 0.15) is 26.1 Å². The summed E-state index contributed by atoms with van der Waals surface area (Å²) in [6, 6.07) is 1.90. The summed E-state index contributed by atoms with van der Waals surface area (Å²) < 4.78 is 2.80. The molecule has 114 valence electrons. The van der Waals surface area contributed by atoms with Crippen LogP contribution in [0, 0.1) is 0 Å². The standard InChI is InChI=1S/C14H18BrClN4O/c1-3-19(4-2)13(21)5-6-20-12(8-16)18-11-7-10(15)9-17-14(11)20/h7,9H,3-6,8H2,1-2H3. The average molecular weight is 374 g/mol. The van der Waals surface area contributed by atoms with Gasteiger partial charge in [-0.15, -0.1) is 11.6 Å². The van der Waals surface area contributed by atoms with Gasteiger partial charge in [0.1, 0.15) is 11.3 Å². The number of fused-ring (bicyclic) bond motifs is 1. The van der Waals surface area contributed by atoms with E-state index in [0.29, 0.717) is 18.8 Å². The van der Waals surface area contributed by atoms with Crippen molar-refractivity contribution in [2.45, 2.75) is 32.7 Å². The molecule has 5 nitrogen and oxygen atoms in total. The quantitative estimate of drug-likeness (QED) is 0.731. The van der Waals surface area contributed by atoms with Gasteiger partial charge >= 0.3 is 0 Å². The van der Waals surface area contributed by atoms with E-state index in [-0.39, 0.29) is 5.91 Å². The van der Waals surface area contributed by atoms with E-state index in [1.807, 2.05) is 29.4 Å². The minimum atomic E-state index is 0.138. The molecule has 2 rings (SSSR count). The topological polar surface area (TPSA) is 51.0 Å². The molecule has 0 fully saturated rings. The molecule has 0 N–H and O–H groups in total. The van der Waals surface area contributed by atoms with E-state index < -0.39 is 0 Å². The molecule has 7 heteroatoms. The first-order valence-corrected chi connectivity index (χ1v) is 8.27. The smallest absolute Gasteiger partial charge is 0.224 e. The molecule has 21 heavy (non-hydrogen) atoms. The Labute approximate surface area is 137 Å². The summed E-state index contributed by atoms with van der Waals surface area (Å²) in [5, 5.41) is 0. The van der Waals surface area contributed by atoms with Gasteiger partial charge in [0.05, 0.1) is 5.88 Å². The van der Waals surface area contributed by atoms with Gasteiger partial charge in [0, 0.05) is 36.7 Å². The lowest BCUT2D eigenvalue weighted by atomic mass is 10.3. The zero-order valence-electron chi connectivity index (χ0n) is 12.1. The summed E-state index contributed by atoms with van der Waals surface area (Å²) in [5.41, 5.74) is 1.55. The zero-order valence-corrected chi connectivity index (χ0v) is 14.5. The van der Waals surface area contributed by atoms with Gasteiger partial charge in [0.2, 0.25) is 5.91 Å². The monoisotopic (exact) mass is 372 g/mol. The van der Waals surface area contributed by atoms with Crippen molar-refractivity contribution in [1.82, 2.24) is 19.4 Å². The second-order valence-corrected chi connectivity index (χ2v) is 5.81. The lowest BCUT2D eigenvalue weighted by molar-refractivity contribution is -0.131. The summed E-state index contributed by atoms with van der Waals surface area (Å²) in [6.07, 6.45) is 2.15. The van der Waals surface area contributed by atoms with E-state index in [4.69, 9.17) is 11.6 Å². The molecule has 0 saturated heterocycles. The number of carbonyl (C=O) groups excluding carboxylic acids is 1. The van der Waals surface area contributed by atoms with E-state index in [0.717, 1.165) is 34.6 Å². The predicted molar refractivity (Wildman–Crippen MR) is 87.3 cm³/mol. The Morgan fingerprint density at radius 1 is 1.43 bits per heavy atom. The number of aromatic nitrogens is 3. The molecule has 0 saturated carbocycles. The van der Waals surface area contributed by atoms with Gasteiger partial charge in [-0.1, -0.05) is 0 Å². The van der Waals surface area contributed by atoms with Crippen molar-refractivity contribution in [3.63, 3.8) is 0 Å². The molecular weight excluding hydrogens is 356 g/mol. The number of hydrogen-bond donors (Lipinski definition) is 0. The van der Waals surface area contributed by atoms with E-state index in [2.05, 4.69) is 25.9 Å². The summed E-state index contributed by atoms with van der Waals surface area (Å²) in [7, 11) is 0. The van der Waals surface area contributed by atoms with Crippen LogP contribution in [0.15, 0.2) is 16.7 Å². The zero-order chi connectivity index (χ0) is 15.4. The third kappa shape index (κ3) is 3.55. The summed E-state index contributed by atoms with van der Waals surface area (Å²) >= 11 is 9.34. The van der Waals surface area contributed by atoms with Crippen LogP contribution in [-0.2, 0) is 17.2 Å². The SMILES string of the molecule is CCN(CC)C(=O)CCn1c(CCl)nc2cc(Br)cnc21. The Morgan fingerprint density at radius 3 is 2.76 bits per heavy atom. The molecule has 0 aliphatic carbocycles. The number of halogens is 2. The highest BCUT2D eigenvalue weighted by Gasteiger charge is 2.15. The van der Waals surface area contributed by atoms with Crippen molar-refractivity contribution in [3.8, 4) is 0 Å². The number of nitrogens with zero attached hydrogens (tertiary/aromatic N) is 4. The second kappa shape index (κ2) is 7.22. The Bertz CT molecular complexity index is 639. The molecule has 2 aromatic heterocycles. The number of imidazole rings is 1. The van der Waals surface area contributed by atoms with E-state index in [1.165, 1.54) is 0 Å². The average Bonchev–Trinajstić information content (AvgIpc) is 2.83. The van der Waals surface area contributed by atoms with Crippen molar-refractivity contribution >= 4 is 44.6 Å². The van der Waals surface area contributed by atoms with Crippen molar-refractivity contribution in [2.75, 3.05) is 13.1 Å². The molecule has 0 aliphatic rings. The van der Waals surface area contributed by atoms with Crippen LogP contribution in [0.4, 0.5) is 0 Å². The Kier molecular flexibility index (Phi) is 5.58. The fourth-order valence-electron chi connectivity index (χ4n) is 2.31. The fraction of sp³-hybridized carbons (Fsp3) is 0.500. The van der Waals surface area contributed by atoms with Gasteiger partial charge in [-0.05, 0) is 35.8 Å². The van der Waals surface area contributed by atoms with Crippen LogP contribution in [0.25, 0.3) is 11.2 Å². The molecular formula is C14H18BrClN4O. The van der Waals surface area contributed by atoms with Gasteiger partial charge in [0.25, 0.3) is 0 Å². The highest BCUT2D eigenvalue weighted by Crippen LogP contribution is 2.20. The lowest BCUT2D eigenvalue weighted by Gasteiger charge is -2.18. The number of carbonyl (C=O) groups is 1. The first kappa shape index (κ1) is 16.2. The highest BCUT2D eigenvalue weighted by atomic mass is 79.9. The van der Waals surface area contributed by atoms with Gasteiger partial charge < -0.3 is 9.47 Å². The molecule has 2 aromatic rings. The molecule has 1 amide bonds. The molecule has 0 spiro atoms. The first-order valence-electron chi connectivity index (χ1n) is 6.95. The summed E-state index contributed by atoms with van der Waals surface area (Å²) in [6.45, 7) is 5.97. The van der Waals surface area contributed by atoms with Crippen LogP contribution in [0.3, 0.4) is 0 Å². The van der Waals surface area contributed by atoms with E-state index in [9.17, 15) is 4.79 Å². The molecule has 0 unspecified atom stereocenters. The highest BCUT2D eigenvalue weighted by molar-refractivity contribution is 9.10. The maximum atomic E-state index is 12.1. The van der Waals surface area contributed by atoms with E-state index >= 15 is 0 Å². The van der Waals surface area contributed by atoms with Crippen molar-refractivity contribution in [2.24, 2.45) is 0 Å². The Balaban J connectivity index is 2.23. The number of rotatable bonds is 6. The maximum Gasteiger partial charge on any atom is 0.224 e. The summed E-state index contributed by atoms with van der Waals surface area (Å²) in [5.74, 6) is 1.18. The van der Waals surface area contributed by atoms with Crippen LogP contribution < -0.4 is 0 Å². The van der Waals surface area contributed by atoms with Gasteiger partial charge in [-0.3, -0.25) is 4.79 Å². The minimum Gasteiger partial charge on any atom is -0.343 e. The van der Waals surface area contributed by atoms with Crippen molar-refractivity contribution in [3.05, 3.63) is 22.6 Å². The molecule has 0 radical (unpaired) electrons. The van der Waals surface area contributed by atoms with Crippen molar-refractivity contribution in [1.29, 1.82) is 0 Å². The largest absolute Gasteiger partial charge is 0.343 e. The van der Waals surface area contributed by atoms with E-state index in [1.54, 1.807) is 6.20 Å². The predicted octanol–water partition coefficient (Wildman–Crippen LogP) is 3.19.